The number of hydrogen-bond donors (Lipinski definition) is 0. The van der Waals surface area contributed by atoms with Crippen molar-refractivity contribution in [1.29, 1.82) is 0 Å². The molecule has 0 saturated heterocycles. The molecule has 0 aliphatic heterocycles. The van der Waals surface area contributed by atoms with Crippen LogP contribution in [-0.4, -0.2) is 114 Å². The minimum atomic E-state index is -0.584. The van der Waals surface area contributed by atoms with Crippen molar-refractivity contribution in [2.45, 2.75) is 25.5 Å². The fraction of sp³-hybridized carbons (Fsp3) is 1.00. The highest BCUT2D eigenvalue weighted by atomic mass is 16.6. The standard InChI is InChI=1S/C16H38N4O3/c1-15(17(3)4,19(7)11-13-21-9)23-16(2,18(5)6)20(8)12-14-22-10/h11-14H2,1-10H3. The summed E-state index contributed by atoms with van der Waals surface area (Å²) < 4.78 is 17.1. The fourth-order valence-electron chi connectivity index (χ4n) is 2.26. The molecular weight excluding hydrogens is 296 g/mol. The first-order valence-corrected chi connectivity index (χ1v) is 8.01. The van der Waals surface area contributed by atoms with Crippen molar-refractivity contribution in [3.8, 4) is 0 Å². The SMILES string of the molecule is COCCN(C)C(C)(OC(C)(N(C)C)N(C)CCOC)N(C)C. The van der Waals surface area contributed by atoms with Crippen molar-refractivity contribution < 1.29 is 14.2 Å². The molecule has 2 unspecified atom stereocenters. The third-order valence-electron chi connectivity index (χ3n) is 4.72. The number of methoxy groups -OCH3 is 2. The monoisotopic (exact) mass is 334 g/mol. The normalized spacial score (nSPS) is 18.0. The maximum Gasteiger partial charge on any atom is 0.179 e. The Morgan fingerprint density at radius 3 is 1.17 bits per heavy atom. The summed E-state index contributed by atoms with van der Waals surface area (Å²) >= 11 is 0. The molecule has 2 atom stereocenters. The Bertz CT molecular complexity index is 300. The van der Waals surface area contributed by atoms with E-state index in [1.54, 1.807) is 14.2 Å². The summed E-state index contributed by atoms with van der Waals surface area (Å²) in [6, 6.07) is 0. The zero-order valence-corrected chi connectivity index (χ0v) is 16.8. The molecule has 0 amide bonds. The first-order chi connectivity index (χ1) is 10.6. The Balaban J connectivity index is 5.38. The van der Waals surface area contributed by atoms with Gasteiger partial charge in [0.15, 0.2) is 11.7 Å². The predicted molar refractivity (Wildman–Crippen MR) is 94.3 cm³/mol. The Morgan fingerprint density at radius 1 is 0.652 bits per heavy atom. The van der Waals surface area contributed by atoms with E-state index >= 15 is 0 Å². The van der Waals surface area contributed by atoms with Gasteiger partial charge in [-0.2, -0.15) is 0 Å². The van der Waals surface area contributed by atoms with E-state index in [0.29, 0.717) is 13.2 Å². The molecule has 23 heavy (non-hydrogen) atoms. The van der Waals surface area contributed by atoms with Gasteiger partial charge in [0.2, 0.25) is 0 Å². The lowest BCUT2D eigenvalue weighted by molar-refractivity contribution is -0.343. The zero-order chi connectivity index (χ0) is 18.3. The van der Waals surface area contributed by atoms with Crippen molar-refractivity contribution >= 4 is 0 Å². The molecule has 0 aliphatic rings. The van der Waals surface area contributed by atoms with Gasteiger partial charge < -0.3 is 14.2 Å². The van der Waals surface area contributed by atoms with Crippen LogP contribution in [0.15, 0.2) is 0 Å². The highest BCUT2D eigenvalue weighted by Crippen LogP contribution is 2.29. The minimum Gasteiger partial charge on any atom is -0.383 e. The van der Waals surface area contributed by atoms with Crippen molar-refractivity contribution in [2.24, 2.45) is 0 Å². The second kappa shape index (κ2) is 9.88. The number of likely N-dealkylation sites (N-methyl/N-ethyl adjacent to an activating group) is 2. The molecule has 0 radical (unpaired) electrons. The molecular formula is C16H38N4O3. The van der Waals surface area contributed by atoms with Gasteiger partial charge in [-0.3, -0.25) is 19.6 Å². The summed E-state index contributed by atoms with van der Waals surface area (Å²) in [4.78, 5) is 8.47. The zero-order valence-electron chi connectivity index (χ0n) is 16.8. The lowest BCUT2D eigenvalue weighted by atomic mass is 10.3. The molecule has 0 fully saturated rings. The first kappa shape index (κ1) is 22.7. The summed E-state index contributed by atoms with van der Waals surface area (Å²) in [5.74, 6) is -1.17. The summed E-state index contributed by atoms with van der Waals surface area (Å²) in [6.07, 6.45) is 0. The molecule has 0 aromatic rings. The topological polar surface area (TPSA) is 40.7 Å². The summed E-state index contributed by atoms with van der Waals surface area (Å²) in [5.41, 5.74) is 0. The quantitative estimate of drug-likeness (QED) is 0.485. The van der Waals surface area contributed by atoms with E-state index in [0.717, 1.165) is 13.1 Å². The maximum absolute atomic E-state index is 6.66. The van der Waals surface area contributed by atoms with Crippen molar-refractivity contribution in [3.63, 3.8) is 0 Å². The third-order valence-corrected chi connectivity index (χ3v) is 4.72. The van der Waals surface area contributed by atoms with Crippen LogP contribution in [0.3, 0.4) is 0 Å². The lowest BCUT2D eigenvalue weighted by Gasteiger charge is -2.53. The Kier molecular flexibility index (Phi) is 9.76. The Morgan fingerprint density at radius 2 is 0.957 bits per heavy atom. The highest BCUT2D eigenvalue weighted by molar-refractivity contribution is 4.80. The molecule has 7 heteroatoms. The second-order valence-electron chi connectivity index (χ2n) is 6.59. The van der Waals surface area contributed by atoms with E-state index in [9.17, 15) is 0 Å². The van der Waals surface area contributed by atoms with E-state index in [-0.39, 0.29) is 0 Å². The smallest absolute Gasteiger partial charge is 0.179 e. The van der Waals surface area contributed by atoms with Gasteiger partial charge in [-0.1, -0.05) is 0 Å². The van der Waals surface area contributed by atoms with E-state index in [2.05, 4.69) is 33.4 Å². The molecule has 0 rings (SSSR count). The van der Waals surface area contributed by atoms with Crippen molar-refractivity contribution in [1.82, 2.24) is 19.6 Å². The van der Waals surface area contributed by atoms with Gasteiger partial charge in [-0.25, -0.2) is 0 Å². The fourth-order valence-corrected chi connectivity index (χ4v) is 2.26. The van der Waals surface area contributed by atoms with Gasteiger partial charge in [0.1, 0.15) is 0 Å². The number of nitrogens with zero attached hydrogens (tertiary/aromatic N) is 4. The molecule has 140 valence electrons. The number of hydrogen-bond acceptors (Lipinski definition) is 7. The van der Waals surface area contributed by atoms with E-state index in [1.165, 1.54) is 0 Å². The van der Waals surface area contributed by atoms with Crippen LogP contribution < -0.4 is 0 Å². The summed E-state index contributed by atoms with van der Waals surface area (Å²) in [7, 11) is 15.6. The number of rotatable bonds is 12. The Labute approximate surface area is 143 Å². The van der Waals surface area contributed by atoms with Crippen LogP contribution in [0.1, 0.15) is 13.8 Å². The van der Waals surface area contributed by atoms with Crippen LogP contribution in [0, 0.1) is 0 Å². The molecule has 0 aliphatic carbocycles. The van der Waals surface area contributed by atoms with Crippen LogP contribution in [0.25, 0.3) is 0 Å². The average molecular weight is 335 g/mol. The largest absolute Gasteiger partial charge is 0.383 e. The predicted octanol–water partition coefficient (Wildman–Crippen LogP) is 0.630. The van der Waals surface area contributed by atoms with E-state index < -0.39 is 11.7 Å². The van der Waals surface area contributed by atoms with Crippen LogP contribution in [-0.2, 0) is 14.2 Å². The number of ether oxygens (including phenoxy) is 3. The molecule has 0 aromatic carbocycles. The minimum absolute atomic E-state index is 0.584. The second-order valence-corrected chi connectivity index (χ2v) is 6.59. The average Bonchev–Trinajstić information content (AvgIpc) is 2.49. The molecule has 0 bridgehead atoms. The van der Waals surface area contributed by atoms with Crippen LogP contribution in [0.5, 0.6) is 0 Å². The van der Waals surface area contributed by atoms with Crippen LogP contribution >= 0.6 is 0 Å². The molecule has 0 heterocycles. The maximum atomic E-state index is 6.66. The Hall–Kier alpha value is -0.280. The molecule has 0 spiro atoms. The van der Waals surface area contributed by atoms with Gasteiger partial charge >= 0.3 is 0 Å². The first-order valence-electron chi connectivity index (χ1n) is 8.01. The van der Waals surface area contributed by atoms with Crippen LogP contribution in [0.2, 0.25) is 0 Å². The van der Waals surface area contributed by atoms with Crippen LogP contribution in [0.4, 0.5) is 0 Å². The highest BCUT2D eigenvalue weighted by Gasteiger charge is 2.44. The van der Waals surface area contributed by atoms with Gasteiger partial charge in [-0.05, 0) is 56.1 Å². The van der Waals surface area contributed by atoms with Gasteiger partial charge in [0.25, 0.3) is 0 Å². The van der Waals surface area contributed by atoms with Crippen molar-refractivity contribution in [3.05, 3.63) is 0 Å². The molecule has 0 N–H and O–H groups in total. The van der Waals surface area contributed by atoms with Gasteiger partial charge in [-0.15, -0.1) is 0 Å². The van der Waals surface area contributed by atoms with E-state index in [4.69, 9.17) is 14.2 Å². The summed E-state index contributed by atoms with van der Waals surface area (Å²) in [5, 5.41) is 0. The molecule has 7 nitrogen and oxygen atoms in total. The van der Waals surface area contributed by atoms with Crippen molar-refractivity contribution in [2.75, 3.05) is 82.8 Å². The third kappa shape index (κ3) is 5.94. The molecule has 0 saturated carbocycles. The van der Waals surface area contributed by atoms with Gasteiger partial charge in [0.05, 0.1) is 13.2 Å². The molecule has 0 aromatic heterocycles. The summed E-state index contributed by atoms with van der Waals surface area (Å²) in [6.45, 7) is 7.01. The van der Waals surface area contributed by atoms with E-state index in [1.807, 2.05) is 42.3 Å². The van der Waals surface area contributed by atoms with Gasteiger partial charge in [0, 0.05) is 27.3 Å². The lowest BCUT2D eigenvalue weighted by Crippen LogP contribution is -2.67.